The lowest BCUT2D eigenvalue weighted by Crippen LogP contribution is -1.97. The molecule has 0 saturated heterocycles. The Morgan fingerprint density at radius 3 is 2.57 bits per heavy atom. The number of hydrogen-bond acceptors (Lipinski definition) is 2. The fraction of sp³-hybridized carbons (Fsp3) is 0.222. The summed E-state index contributed by atoms with van der Waals surface area (Å²) in [5.41, 5.74) is 6.25. The Labute approximate surface area is 124 Å². The lowest BCUT2D eigenvalue weighted by Gasteiger charge is -2.05. The highest BCUT2D eigenvalue weighted by atomic mass is 15.0. The maximum Gasteiger partial charge on any atom is 0.137 e. The molecule has 0 unspecified atom stereocenters. The third-order valence-electron chi connectivity index (χ3n) is 3.82. The number of fused-ring (bicyclic) bond motifs is 1. The molecule has 3 aromatic rings. The van der Waals surface area contributed by atoms with Crippen molar-refractivity contribution in [1.82, 2.24) is 9.38 Å². The van der Waals surface area contributed by atoms with Gasteiger partial charge in [-0.25, -0.2) is 4.98 Å². The zero-order chi connectivity index (χ0) is 14.8. The Hall–Kier alpha value is -2.60. The zero-order valence-corrected chi connectivity index (χ0v) is 12.3. The summed E-state index contributed by atoms with van der Waals surface area (Å²) in [6.45, 7) is 4.18. The van der Waals surface area contributed by atoms with Gasteiger partial charge in [-0.3, -0.25) is 4.40 Å². The fourth-order valence-electron chi connectivity index (χ4n) is 2.69. The van der Waals surface area contributed by atoms with Gasteiger partial charge >= 0.3 is 0 Å². The molecule has 0 aliphatic carbocycles. The summed E-state index contributed by atoms with van der Waals surface area (Å²) < 4.78 is 2.08. The molecule has 2 aromatic heterocycles. The molecule has 3 rings (SSSR count). The molecule has 1 aromatic carbocycles. The van der Waals surface area contributed by atoms with Gasteiger partial charge in [0, 0.05) is 11.3 Å². The quantitative estimate of drug-likeness (QED) is 0.726. The summed E-state index contributed by atoms with van der Waals surface area (Å²) in [5.74, 6) is 0. The van der Waals surface area contributed by atoms with Crippen LogP contribution in [0.5, 0.6) is 0 Å². The maximum absolute atomic E-state index is 9.15. The number of nitrogens with zero attached hydrogens (tertiary/aromatic N) is 3. The molecular formula is C18H17N3. The van der Waals surface area contributed by atoms with Gasteiger partial charge in [0.2, 0.25) is 0 Å². The molecule has 0 bridgehead atoms. The zero-order valence-electron chi connectivity index (χ0n) is 12.3. The second-order valence-corrected chi connectivity index (χ2v) is 5.15. The number of benzene rings is 1. The van der Waals surface area contributed by atoms with Crippen molar-refractivity contribution in [1.29, 1.82) is 5.26 Å². The van der Waals surface area contributed by atoms with E-state index in [-0.39, 0.29) is 0 Å². The van der Waals surface area contributed by atoms with Gasteiger partial charge in [0.25, 0.3) is 0 Å². The van der Waals surface area contributed by atoms with Crippen LogP contribution in [0.2, 0.25) is 0 Å². The van der Waals surface area contributed by atoms with Crippen molar-refractivity contribution in [2.75, 3.05) is 0 Å². The SMILES string of the molecule is CCc1ccc(-c2nc3cccc(C)n3c2CC#N)cc1. The van der Waals surface area contributed by atoms with Crippen LogP contribution in [0, 0.1) is 18.3 Å². The van der Waals surface area contributed by atoms with Crippen LogP contribution in [0.3, 0.4) is 0 Å². The van der Waals surface area contributed by atoms with Crippen molar-refractivity contribution < 1.29 is 0 Å². The third kappa shape index (κ3) is 2.30. The number of nitriles is 1. The molecule has 104 valence electrons. The van der Waals surface area contributed by atoms with Crippen LogP contribution >= 0.6 is 0 Å². The number of aromatic nitrogens is 2. The van der Waals surface area contributed by atoms with E-state index in [1.54, 1.807) is 0 Å². The number of hydrogen-bond donors (Lipinski definition) is 0. The van der Waals surface area contributed by atoms with Gasteiger partial charge in [0.05, 0.1) is 23.9 Å². The first kappa shape index (κ1) is 13.4. The second-order valence-electron chi connectivity index (χ2n) is 5.15. The van der Waals surface area contributed by atoms with Crippen molar-refractivity contribution in [3.63, 3.8) is 0 Å². The van der Waals surface area contributed by atoms with Gasteiger partial charge in [-0.05, 0) is 31.0 Å². The molecule has 0 amide bonds. The predicted octanol–water partition coefficient (Wildman–Crippen LogP) is 3.94. The van der Waals surface area contributed by atoms with Gasteiger partial charge in [0.15, 0.2) is 0 Å². The second kappa shape index (κ2) is 5.41. The molecule has 3 nitrogen and oxygen atoms in total. The average molecular weight is 275 g/mol. The Balaban J connectivity index is 2.23. The van der Waals surface area contributed by atoms with Crippen molar-refractivity contribution in [3.8, 4) is 17.3 Å². The van der Waals surface area contributed by atoms with E-state index in [0.29, 0.717) is 6.42 Å². The van der Waals surface area contributed by atoms with E-state index in [4.69, 9.17) is 10.2 Å². The molecule has 0 aliphatic heterocycles. The minimum absolute atomic E-state index is 0.358. The molecule has 2 heterocycles. The smallest absolute Gasteiger partial charge is 0.137 e. The standard InChI is InChI=1S/C18H17N3/c1-3-14-7-9-15(10-8-14)18-16(11-12-19)21-13(2)5-4-6-17(21)20-18/h4-10H,3,11H2,1-2H3. The van der Waals surface area contributed by atoms with Gasteiger partial charge in [-0.2, -0.15) is 5.26 Å². The van der Waals surface area contributed by atoms with E-state index in [0.717, 1.165) is 34.7 Å². The van der Waals surface area contributed by atoms with E-state index >= 15 is 0 Å². The van der Waals surface area contributed by atoms with Crippen LogP contribution in [-0.2, 0) is 12.8 Å². The van der Waals surface area contributed by atoms with Crippen LogP contribution in [0.25, 0.3) is 16.9 Å². The van der Waals surface area contributed by atoms with E-state index in [9.17, 15) is 0 Å². The van der Waals surface area contributed by atoms with E-state index in [2.05, 4.69) is 41.7 Å². The van der Waals surface area contributed by atoms with E-state index in [1.165, 1.54) is 5.56 Å². The van der Waals surface area contributed by atoms with E-state index < -0.39 is 0 Å². The average Bonchev–Trinajstić information content (AvgIpc) is 2.88. The number of pyridine rings is 1. The summed E-state index contributed by atoms with van der Waals surface area (Å²) in [6.07, 6.45) is 1.38. The van der Waals surface area contributed by atoms with Crippen LogP contribution in [0.4, 0.5) is 0 Å². The minimum Gasteiger partial charge on any atom is -0.300 e. The van der Waals surface area contributed by atoms with Crippen LogP contribution in [0.15, 0.2) is 42.5 Å². The van der Waals surface area contributed by atoms with Crippen LogP contribution < -0.4 is 0 Å². The van der Waals surface area contributed by atoms with Crippen molar-refractivity contribution in [3.05, 3.63) is 59.4 Å². The Kier molecular flexibility index (Phi) is 3.45. The highest BCUT2D eigenvalue weighted by Crippen LogP contribution is 2.26. The number of rotatable bonds is 3. The molecule has 0 aliphatic rings. The lowest BCUT2D eigenvalue weighted by molar-refractivity contribution is 1.00. The number of aryl methyl sites for hydroxylation is 2. The lowest BCUT2D eigenvalue weighted by atomic mass is 10.1. The van der Waals surface area contributed by atoms with Gasteiger partial charge in [0.1, 0.15) is 5.65 Å². The van der Waals surface area contributed by atoms with Gasteiger partial charge in [-0.15, -0.1) is 0 Å². The Morgan fingerprint density at radius 2 is 1.90 bits per heavy atom. The third-order valence-corrected chi connectivity index (χ3v) is 3.82. The number of imidazole rings is 1. The molecule has 0 fully saturated rings. The summed E-state index contributed by atoms with van der Waals surface area (Å²) in [4.78, 5) is 4.73. The monoisotopic (exact) mass is 275 g/mol. The first-order valence-electron chi connectivity index (χ1n) is 7.17. The Bertz CT molecular complexity index is 820. The first-order valence-corrected chi connectivity index (χ1v) is 7.17. The molecule has 0 N–H and O–H groups in total. The van der Waals surface area contributed by atoms with E-state index in [1.807, 2.05) is 25.1 Å². The maximum atomic E-state index is 9.15. The van der Waals surface area contributed by atoms with Crippen LogP contribution in [0.1, 0.15) is 23.9 Å². The van der Waals surface area contributed by atoms with Crippen molar-refractivity contribution >= 4 is 5.65 Å². The molecule has 0 radical (unpaired) electrons. The minimum atomic E-state index is 0.358. The molecule has 21 heavy (non-hydrogen) atoms. The normalized spacial score (nSPS) is 10.7. The topological polar surface area (TPSA) is 41.1 Å². The van der Waals surface area contributed by atoms with Gasteiger partial charge < -0.3 is 0 Å². The highest BCUT2D eigenvalue weighted by Gasteiger charge is 2.14. The molecule has 3 heteroatoms. The first-order chi connectivity index (χ1) is 10.2. The summed E-state index contributed by atoms with van der Waals surface area (Å²) in [6, 6.07) is 16.7. The molecule has 0 spiro atoms. The molecule has 0 atom stereocenters. The van der Waals surface area contributed by atoms with Crippen LogP contribution in [-0.4, -0.2) is 9.38 Å². The van der Waals surface area contributed by atoms with Crippen molar-refractivity contribution in [2.24, 2.45) is 0 Å². The predicted molar refractivity (Wildman–Crippen MR) is 84.1 cm³/mol. The molecule has 0 saturated carbocycles. The summed E-state index contributed by atoms with van der Waals surface area (Å²) >= 11 is 0. The summed E-state index contributed by atoms with van der Waals surface area (Å²) in [5, 5.41) is 9.15. The summed E-state index contributed by atoms with van der Waals surface area (Å²) in [7, 11) is 0. The van der Waals surface area contributed by atoms with Crippen molar-refractivity contribution in [2.45, 2.75) is 26.7 Å². The highest BCUT2D eigenvalue weighted by molar-refractivity contribution is 5.67. The van der Waals surface area contributed by atoms with Gasteiger partial charge in [-0.1, -0.05) is 37.3 Å². The molecular weight excluding hydrogens is 258 g/mol. The Morgan fingerprint density at radius 1 is 1.14 bits per heavy atom. The largest absolute Gasteiger partial charge is 0.300 e. The fourth-order valence-corrected chi connectivity index (χ4v) is 2.69.